The van der Waals surface area contributed by atoms with Crippen molar-refractivity contribution >= 4 is 15.9 Å². The van der Waals surface area contributed by atoms with Crippen LogP contribution in [0.5, 0.6) is 0 Å². The van der Waals surface area contributed by atoms with Crippen LogP contribution in [0.25, 0.3) is 0 Å². The van der Waals surface area contributed by atoms with E-state index in [0.29, 0.717) is 12.8 Å². The van der Waals surface area contributed by atoms with Gasteiger partial charge in [-0.25, -0.2) is 12.7 Å². The molecule has 1 saturated carbocycles. The second kappa shape index (κ2) is 7.04. The Labute approximate surface area is 121 Å². The maximum Gasteiger partial charge on any atom is 0.240 e. The summed E-state index contributed by atoms with van der Waals surface area (Å²) in [6.45, 7) is 0.0444. The molecule has 1 aliphatic rings. The van der Waals surface area contributed by atoms with Crippen LogP contribution in [0.15, 0.2) is 0 Å². The van der Waals surface area contributed by atoms with E-state index in [4.69, 9.17) is 0 Å². The largest absolute Gasteiger partial charge is 0.354 e. The summed E-state index contributed by atoms with van der Waals surface area (Å²) in [5, 5.41) is 12.0. The van der Waals surface area contributed by atoms with E-state index >= 15 is 0 Å². The van der Waals surface area contributed by atoms with E-state index < -0.39 is 15.4 Å². The van der Waals surface area contributed by atoms with Crippen molar-refractivity contribution in [1.82, 2.24) is 9.62 Å². The lowest BCUT2D eigenvalue weighted by Crippen LogP contribution is -2.42. The van der Waals surface area contributed by atoms with Gasteiger partial charge in [0.25, 0.3) is 0 Å². The van der Waals surface area contributed by atoms with Crippen LogP contribution in [0.1, 0.15) is 38.5 Å². The van der Waals surface area contributed by atoms with Gasteiger partial charge in [-0.15, -0.1) is 0 Å². The Hall–Kier alpha value is -1.13. The highest BCUT2D eigenvalue weighted by Gasteiger charge is 2.38. The maximum atomic E-state index is 12.2. The first kappa shape index (κ1) is 16.9. The molecule has 0 radical (unpaired) electrons. The number of rotatable bonds is 5. The van der Waals surface area contributed by atoms with Gasteiger partial charge >= 0.3 is 0 Å². The number of nitrogens with zero attached hydrogens (tertiary/aromatic N) is 2. The summed E-state index contributed by atoms with van der Waals surface area (Å²) >= 11 is 0. The fourth-order valence-corrected chi connectivity index (χ4v) is 3.09. The summed E-state index contributed by atoms with van der Waals surface area (Å²) in [6.07, 6.45) is 4.97. The minimum Gasteiger partial charge on any atom is -0.354 e. The monoisotopic (exact) mass is 301 g/mol. The molecule has 7 heteroatoms. The summed E-state index contributed by atoms with van der Waals surface area (Å²) in [5.41, 5.74) is -0.974. The van der Waals surface area contributed by atoms with Crippen LogP contribution in [-0.4, -0.2) is 45.0 Å². The predicted octanol–water partition coefficient (Wildman–Crippen LogP) is 0.858. The van der Waals surface area contributed by atoms with Gasteiger partial charge in [-0.1, -0.05) is 25.7 Å². The van der Waals surface area contributed by atoms with E-state index in [-0.39, 0.29) is 18.2 Å². The molecule has 1 amide bonds. The van der Waals surface area contributed by atoms with Crippen molar-refractivity contribution in [3.63, 3.8) is 0 Å². The maximum absolute atomic E-state index is 12.2. The molecule has 1 N–H and O–H groups in total. The van der Waals surface area contributed by atoms with Gasteiger partial charge in [0.05, 0.1) is 11.8 Å². The van der Waals surface area contributed by atoms with Gasteiger partial charge in [0.15, 0.2) is 0 Å². The second-order valence-electron chi connectivity index (χ2n) is 5.46. The van der Waals surface area contributed by atoms with Gasteiger partial charge in [0, 0.05) is 20.6 Å². The molecule has 0 unspecified atom stereocenters. The molecule has 1 rings (SSSR count). The third-order valence-corrected chi connectivity index (χ3v) is 5.64. The first-order chi connectivity index (χ1) is 9.34. The van der Waals surface area contributed by atoms with E-state index in [9.17, 15) is 18.5 Å². The number of hydrogen-bond acceptors (Lipinski definition) is 4. The number of nitrogens with one attached hydrogen (secondary N) is 1. The van der Waals surface area contributed by atoms with Gasteiger partial charge in [0.1, 0.15) is 5.41 Å². The lowest BCUT2D eigenvalue weighted by Gasteiger charge is -2.23. The standard InChI is InChI=1S/C13H23N3O3S/c1-16(2)20(18,19)10-9-15-12(17)13(11-14)7-5-3-4-6-8-13/h3-10H2,1-2H3,(H,15,17). The van der Waals surface area contributed by atoms with E-state index in [1.54, 1.807) is 0 Å². The highest BCUT2D eigenvalue weighted by molar-refractivity contribution is 7.89. The SMILES string of the molecule is CN(C)S(=O)(=O)CCNC(=O)C1(C#N)CCCCCC1. The van der Waals surface area contributed by atoms with Gasteiger partial charge in [-0.3, -0.25) is 4.79 Å². The fourth-order valence-electron chi connectivity index (χ4n) is 2.37. The van der Waals surface area contributed by atoms with Crippen LogP contribution in [0, 0.1) is 16.7 Å². The summed E-state index contributed by atoms with van der Waals surface area (Å²) in [7, 11) is -0.407. The number of nitriles is 1. The molecular formula is C13H23N3O3S. The molecule has 0 aromatic heterocycles. The number of carbonyl (C=O) groups excluding carboxylic acids is 1. The number of sulfonamides is 1. The summed E-state index contributed by atoms with van der Waals surface area (Å²) < 4.78 is 24.3. The minimum atomic E-state index is -3.32. The van der Waals surface area contributed by atoms with Gasteiger partial charge in [0.2, 0.25) is 15.9 Å². The summed E-state index contributed by atoms with van der Waals surface area (Å²) in [5.74, 6) is -0.469. The second-order valence-corrected chi connectivity index (χ2v) is 7.76. The normalized spacial score (nSPS) is 19.1. The third-order valence-electron chi connectivity index (χ3n) is 3.81. The minimum absolute atomic E-state index is 0.0444. The highest BCUT2D eigenvalue weighted by Crippen LogP contribution is 2.34. The average Bonchev–Trinajstić information content (AvgIpc) is 2.64. The first-order valence-electron chi connectivity index (χ1n) is 6.94. The molecule has 0 aliphatic heterocycles. The van der Waals surface area contributed by atoms with Crippen molar-refractivity contribution in [2.24, 2.45) is 5.41 Å². The topological polar surface area (TPSA) is 90.3 Å². The molecule has 1 fully saturated rings. The van der Waals surface area contributed by atoms with Crippen LogP contribution in [0.4, 0.5) is 0 Å². The smallest absolute Gasteiger partial charge is 0.240 e. The molecule has 1 aliphatic carbocycles. The Kier molecular flexibility index (Phi) is 5.96. The Morgan fingerprint density at radius 3 is 2.25 bits per heavy atom. The summed E-state index contributed by atoms with van der Waals surface area (Å²) in [6, 6.07) is 2.16. The Balaban J connectivity index is 2.59. The van der Waals surface area contributed by atoms with Gasteiger partial charge < -0.3 is 5.32 Å². The third kappa shape index (κ3) is 4.18. The van der Waals surface area contributed by atoms with Crippen molar-refractivity contribution < 1.29 is 13.2 Å². The van der Waals surface area contributed by atoms with Crippen LogP contribution in [0.3, 0.4) is 0 Å². The fraction of sp³-hybridized carbons (Fsp3) is 0.846. The van der Waals surface area contributed by atoms with Crippen LogP contribution in [0.2, 0.25) is 0 Å². The molecule has 0 spiro atoms. The Morgan fingerprint density at radius 2 is 1.80 bits per heavy atom. The molecule has 0 aromatic carbocycles. The lowest BCUT2D eigenvalue weighted by molar-refractivity contribution is -0.128. The van der Waals surface area contributed by atoms with E-state index in [1.807, 2.05) is 0 Å². The van der Waals surface area contributed by atoms with Crippen molar-refractivity contribution in [1.29, 1.82) is 5.26 Å². The zero-order valence-electron chi connectivity index (χ0n) is 12.2. The predicted molar refractivity (Wildman–Crippen MR) is 76.2 cm³/mol. The Bertz CT molecular complexity index is 472. The van der Waals surface area contributed by atoms with Crippen LogP contribution < -0.4 is 5.32 Å². The van der Waals surface area contributed by atoms with Gasteiger partial charge in [-0.2, -0.15) is 5.26 Å². The molecular weight excluding hydrogens is 278 g/mol. The number of carbonyl (C=O) groups is 1. The van der Waals surface area contributed by atoms with E-state index in [2.05, 4.69) is 11.4 Å². The molecule has 0 atom stereocenters. The quantitative estimate of drug-likeness (QED) is 0.762. The van der Waals surface area contributed by atoms with E-state index in [0.717, 1.165) is 30.0 Å². The van der Waals surface area contributed by atoms with E-state index in [1.165, 1.54) is 14.1 Å². The molecule has 114 valence electrons. The average molecular weight is 301 g/mol. The van der Waals surface area contributed by atoms with Crippen molar-refractivity contribution in [2.75, 3.05) is 26.4 Å². The van der Waals surface area contributed by atoms with Gasteiger partial charge in [-0.05, 0) is 12.8 Å². The first-order valence-corrected chi connectivity index (χ1v) is 8.55. The van der Waals surface area contributed by atoms with Crippen LogP contribution in [-0.2, 0) is 14.8 Å². The lowest BCUT2D eigenvalue weighted by atomic mass is 9.81. The Morgan fingerprint density at radius 1 is 1.25 bits per heavy atom. The van der Waals surface area contributed by atoms with Crippen molar-refractivity contribution in [2.45, 2.75) is 38.5 Å². The van der Waals surface area contributed by atoms with Crippen molar-refractivity contribution in [3.8, 4) is 6.07 Å². The molecule has 0 heterocycles. The number of amides is 1. The van der Waals surface area contributed by atoms with Crippen LogP contribution >= 0.6 is 0 Å². The summed E-state index contributed by atoms with van der Waals surface area (Å²) in [4.78, 5) is 12.2. The molecule has 0 bridgehead atoms. The zero-order chi connectivity index (χ0) is 15.2. The molecule has 6 nitrogen and oxygen atoms in total. The molecule has 0 saturated heterocycles. The number of hydrogen-bond donors (Lipinski definition) is 1. The molecule has 0 aromatic rings. The molecule has 20 heavy (non-hydrogen) atoms. The highest BCUT2D eigenvalue weighted by atomic mass is 32.2. The van der Waals surface area contributed by atoms with Crippen molar-refractivity contribution in [3.05, 3.63) is 0 Å². The zero-order valence-corrected chi connectivity index (χ0v) is 13.0.